The van der Waals surface area contributed by atoms with Crippen molar-refractivity contribution in [2.24, 2.45) is 5.18 Å². The Morgan fingerprint density at radius 3 is 2.33 bits per heavy atom. The third-order valence-corrected chi connectivity index (χ3v) is 1.69. The molecule has 0 fully saturated rings. The van der Waals surface area contributed by atoms with Gasteiger partial charge >= 0.3 is 6.01 Å². The highest BCUT2D eigenvalue weighted by Gasteiger charge is 1.98. The van der Waals surface area contributed by atoms with Gasteiger partial charge in [0.05, 0.1) is 0 Å². The molecule has 0 amide bonds. The zero-order valence-electron chi connectivity index (χ0n) is 7.70. The van der Waals surface area contributed by atoms with Gasteiger partial charge in [-0.2, -0.15) is 0 Å². The summed E-state index contributed by atoms with van der Waals surface area (Å²) >= 11 is 0. The van der Waals surface area contributed by atoms with E-state index >= 15 is 0 Å². The molecule has 0 atom stereocenters. The average molecular weight is 201 g/mol. The highest BCUT2D eigenvalue weighted by atomic mass is 16.5. The molecule has 5 heteroatoms. The van der Waals surface area contributed by atoms with Crippen LogP contribution in [0, 0.1) is 4.91 Å². The highest BCUT2D eigenvalue weighted by Crippen LogP contribution is 2.20. The number of rotatable bonds is 3. The Hall–Kier alpha value is -2.30. The minimum absolute atomic E-state index is 0.268. The fourth-order valence-corrected chi connectivity index (χ4v) is 1.02. The molecule has 0 aliphatic rings. The summed E-state index contributed by atoms with van der Waals surface area (Å²) in [5.41, 5.74) is 0.358. The van der Waals surface area contributed by atoms with Crippen LogP contribution in [0.3, 0.4) is 0 Å². The monoisotopic (exact) mass is 201 g/mol. The maximum Gasteiger partial charge on any atom is 0.321 e. The van der Waals surface area contributed by atoms with Crippen LogP contribution in [0.15, 0.2) is 47.9 Å². The van der Waals surface area contributed by atoms with E-state index in [-0.39, 0.29) is 6.01 Å². The molecule has 2 rings (SSSR count). The molecule has 74 valence electrons. The number of nitrogens with zero attached hydrogens (tertiary/aromatic N) is 3. The van der Waals surface area contributed by atoms with Gasteiger partial charge in [-0.15, -0.1) is 4.91 Å². The molecule has 0 bridgehead atoms. The molecule has 1 aromatic heterocycles. The first-order chi connectivity index (χ1) is 7.38. The summed E-state index contributed by atoms with van der Waals surface area (Å²) in [6, 6.07) is 8.35. The molecule has 0 radical (unpaired) electrons. The molecule has 0 saturated heterocycles. The van der Waals surface area contributed by atoms with Crippen LogP contribution in [0.5, 0.6) is 11.8 Å². The molecule has 0 N–H and O–H groups in total. The summed E-state index contributed by atoms with van der Waals surface area (Å²) < 4.78 is 5.31. The van der Waals surface area contributed by atoms with Gasteiger partial charge in [-0.05, 0) is 35.5 Å². The molecule has 1 aromatic carbocycles. The van der Waals surface area contributed by atoms with Crippen LogP contribution in [-0.2, 0) is 0 Å². The third kappa shape index (κ3) is 2.34. The first kappa shape index (κ1) is 9.26. The van der Waals surface area contributed by atoms with Crippen LogP contribution in [0.25, 0.3) is 0 Å². The number of hydrogen-bond acceptors (Lipinski definition) is 5. The Kier molecular flexibility index (Phi) is 2.64. The summed E-state index contributed by atoms with van der Waals surface area (Å²) in [5.74, 6) is 0.564. The standard InChI is InChI=1S/C10H7N3O2/c14-13-8-2-4-9(5-3-8)15-10-11-6-1-7-12-10/h1-7H. The van der Waals surface area contributed by atoms with E-state index in [0.717, 1.165) is 0 Å². The number of hydrogen-bond donors (Lipinski definition) is 0. The minimum Gasteiger partial charge on any atom is -0.424 e. The van der Waals surface area contributed by atoms with Crippen LogP contribution < -0.4 is 4.74 Å². The van der Waals surface area contributed by atoms with E-state index in [1.807, 2.05) is 0 Å². The van der Waals surface area contributed by atoms with Gasteiger partial charge in [0, 0.05) is 12.4 Å². The van der Waals surface area contributed by atoms with Gasteiger partial charge in [0.2, 0.25) is 0 Å². The van der Waals surface area contributed by atoms with Crippen molar-refractivity contribution in [2.45, 2.75) is 0 Å². The quantitative estimate of drug-likeness (QED) is 0.716. The molecule has 15 heavy (non-hydrogen) atoms. The van der Waals surface area contributed by atoms with Crippen molar-refractivity contribution in [2.75, 3.05) is 0 Å². The van der Waals surface area contributed by atoms with Crippen LogP contribution in [0.1, 0.15) is 0 Å². The summed E-state index contributed by atoms with van der Waals surface area (Å²) in [6.07, 6.45) is 3.17. The van der Waals surface area contributed by atoms with Gasteiger partial charge in [-0.3, -0.25) is 0 Å². The minimum atomic E-state index is 0.268. The fourth-order valence-electron chi connectivity index (χ4n) is 1.02. The largest absolute Gasteiger partial charge is 0.424 e. The molecule has 0 unspecified atom stereocenters. The third-order valence-electron chi connectivity index (χ3n) is 1.69. The van der Waals surface area contributed by atoms with Crippen molar-refractivity contribution in [1.82, 2.24) is 9.97 Å². The fraction of sp³-hybridized carbons (Fsp3) is 0. The summed E-state index contributed by atoms with van der Waals surface area (Å²) in [6.45, 7) is 0. The number of benzene rings is 1. The zero-order valence-corrected chi connectivity index (χ0v) is 7.70. The summed E-state index contributed by atoms with van der Waals surface area (Å²) in [7, 11) is 0. The number of nitroso groups, excluding NO2 is 1. The van der Waals surface area contributed by atoms with E-state index in [9.17, 15) is 4.91 Å². The van der Waals surface area contributed by atoms with Crippen molar-refractivity contribution >= 4 is 5.69 Å². The SMILES string of the molecule is O=Nc1ccc(Oc2ncccn2)cc1. The Morgan fingerprint density at radius 2 is 1.73 bits per heavy atom. The van der Waals surface area contributed by atoms with Crippen molar-refractivity contribution in [3.63, 3.8) is 0 Å². The normalized spacial score (nSPS) is 9.60. The second-order valence-electron chi connectivity index (χ2n) is 2.72. The van der Waals surface area contributed by atoms with Crippen LogP contribution in [-0.4, -0.2) is 9.97 Å². The van der Waals surface area contributed by atoms with Gasteiger partial charge in [0.25, 0.3) is 0 Å². The van der Waals surface area contributed by atoms with Gasteiger partial charge in [-0.1, -0.05) is 0 Å². The lowest BCUT2D eigenvalue weighted by atomic mass is 10.3. The van der Waals surface area contributed by atoms with E-state index in [1.54, 1.807) is 42.7 Å². The second kappa shape index (κ2) is 4.28. The lowest BCUT2D eigenvalue weighted by molar-refractivity contribution is 0.442. The van der Waals surface area contributed by atoms with Crippen molar-refractivity contribution in [1.29, 1.82) is 0 Å². The molecule has 0 spiro atoms. The molecule has 5 nitrogen and oxygen atoms in total. The topological polar surface area (TPSA) is 64.4 Å². The first-order valence-electron chi connectivity index (χ1n) is 4.27. The lowest BCUT2D eigenvalue weighted by Gasteiger charge is -2.01. The molecular weight excluding hydrogens is 194 g/mol. The van der Waals surface area contributed by atoms with Crippen LogP contribution >= 0.6 is 0 Å². The van der Waals surface area contributed by atoms with E-state index in [4.69, 9.17) is 4.74 Å². The van der Waals surface area contributed by atoms with Crippen molar-refractivity contribution in [3.8, 4) is 11.8 Å². The molecular formula is C10H7N3O2. The van der Waals surface area contributed by atoms with Crippen molar-refractivity contribution in [3.05, 3.63) is 47.6 Å². The van der Waals surface area contributed by atoms with Gasteiger partial charge < -0.3 is 4.74 Å². The average Bonchev–Trinajstić information content (AvgIpc) is 2.31. The molecule has 2 aromatic rings. The summed E-state index contributed by atoms with van der Waals surface area (Å²) in [4.78, 5) is 18.0. The molecule has 0 aliphatic heterocycles. The Labute approximate surface area is 85.7 Å². The maximum atomic E-state index is 10.2. The molecule has 0 aliphatic carbocycles. The van der Waals surface area contributed by atoms with Gasteiger partial charge in [0.15, 0.2) is 0 Å². The van der Waals surface area contributed by atoms with Gasteiger partial charge in [-0.25, -0.2) is 9.97 Å². The van der Waals surface area contributed by atoms with Crippen LogP contribution in [0.4, 0.5) is 5.69 Å². The van der Waals surface area contributed by atoms with E-state index in [1.165, 1.54) is 0 Å². The smallest absolute Gasteiger partial charge is 0.321 e. The Balaban J connectivity index is 2.15. The highest BCUT2D eigenvalue weighted by molar-refractivity contribution is 5.41. The predicted molar refractivity (Wildman–Crippen MR) is 54.0 cm³/mol. The second-order valence-corrected chi connectivity index (χ2v) is 2.72. The number of ether oxygens (including phenoxy) is 1. The van der Waals surface area contributed by atoms with Gasteiger partial charge in [0.1, 0.15) is 11.4 Å². The lowest BCUT2D eigenvalue weighted by Crippen LogP contribution is -1.89. The van der Waals surface area contributed by atoms with E-state index < -0.39 is 0 Å². The molecule has 0 saturated carbocycles. The van der Waals surface area contributed by atoms with Crippen molar-refractivity contribution < 1.29 is 4.74 Å². The maximum absolute atomic E-state index is 10.2. The molecule has 1 heterocycles. The van der Waals surface area contributed by atoms with E-state index in [2.05, 4.69) is 15.1 Å². The Bertz CT molecular complexity index is 442. The summed E-state index contributed by atoms with van der Waals surface area (Å²) in [5, 5.41) is 2.78. The number of aromatic nitrogens is 2. The zero-order chi connectivity index (χ0) is 10.5. The Morgan fingerprint density at radius 1 is 1.07 bits per heavy atom. The van der Waals surface area contributed by atoms with E-state index in [0.29, 0.717) is 11.4 Å². The predicted octanol–water partition coefficient (Wildman–Crippen LogP) is 2.67. The van der Waals surface area contributed by atoms with Crippen LogP contribution in [0.2, 0.25) is 0 Å². The first-order valence-corrected chi connectivity index (χ1v) is 4.27.